The molecule has 4 heteroatoms. The highest BCUT2D eigenvalue weighted by Gasteiger charge is 2.40. The molecule has 0 amide bonds. The Morgan fingerprint density at radius 3 is 2.19 bits per heavy atom. The first-order valence-electron chi connectivity index (χ1n) is 5.44. The Hall–Kier alpha value is -0.870. The zero-order chi connectivity index (χ0) is 11.8. The van der Waals surface area contributed by atoms with Crippen molar-refractivity contribution in [1.82, 2.24) is 0 Å². The summed E-state index contributed by atoms with van der Waals surface area (Å²) in [6, 6.07) is 7.15. The number of rotatable bonds is 4. The van der Waals surface area contributed by atoms with Gasteiger partial charge < -0.3 is 5.73 Å². The molecule has 0 aromatic heterocycles. The van der Waals surface area contributed by atoms with Crippen molar-refractivity contribution < 1.29 is 8.42 Å². The Balaban J connectivity index is 2.14. The maximum Gasteiger partial charge on any atom is 0.175 e. The van der Waals surface area contributed by atoms with Crippen LogP contribution in [0.2, 0.25) is 0 Å². The summed E-state index contributed by atoms with van der Waals surface area (Å²) in [4.78, 5) is 0.383. The molecule has 1 fully saturated rings. The third kappa shape index (κ3) is 2.44. The van der Waals surface area contributed by atoms with Gasteiger partial charge in [-0.25, -0.2) is 8.42 Å². The zero-order valence-electron chi connectivity index (χ0n) is 9.44. The molecule has 16 heavy (non-hydrogen) atoms. The lowest BCUT2D eigenvalue weighted by molar-refractivity contribution is 0.521. The van der Waals surface area contributed by atoms with E-state index in [1.54, 1.807) is 12.1 Å². The van der Waals surface area contributed by atoms with Crippen molar-refractivity contribution in [2.75, 3.05) is 12.8 Å². The average molecular weight is 239 g/mol. The van der Waals surface area contributed by atoms with Crippen LogP contribution in [0.3, 0.4) is 0 Å². The van der Waals surface area contributed by atoms with Crippen LogP contribution in [0.5, 0.6) is 0 Å². The van der Waals surface area contributed by atoms with Crippen LogP contribution in [0.15, 0.2) is 29.2 Å². The van der Waals surface area contributed by atoms with E-state index in [1.807, 2.05) is 12.1 Å². The Morgan fingerprint density at radius 2 is 1.81 bits per heavy atom. The zero-order valence-corrected chi connectivity index (χ0v) is 10.3. The molecule has 1 aromatic rings. The van der Waals surface area contributed by atoms with E-state index in [9.17, 15) is 8.42 Å². The van der Waals surface area contributed by atoms with Crippen molar-refractivity contribution in [1.29, 1.82) is 0 Å². The number of hydrogen-bond donors (Lipinski definition) is 1. The molecule has 3 nitrogen and oxygen atoms in total. The van der Waals surface area contributed by atoms with Gasteiger partial charge in [0.05, 0.1) is 4.90 Å². The van der Waals surface area contributed by atoms with Crippen molar-refractivity contribution in [3.63, 3.8) is 0 Å². The van der Waals surface area contributed by atoms with Gasteiger partial charge in [0.15, 0.2) is 9.84 Å². The number of nitrogens with two attached hydrogens (primary N) is 1. The molecule has 0 heterocycles. The highest BCUT2D eigenvalue weighted by molar-refractivity contribution is 7.90. The van der Waals surface area contributed by atoms with Gasteiger partial charge >= 0.3 is 0 Å². The summed E-state index contributed by atoms with van der Waals surface area (Å²) >= 11 is 0. The largest absolute Gasteiger partial charge is 0.330 e. The summed E-state index contributed by atoms with van der Waals surface area (Å²) in [6.07, 6.45) is 4.58. The Labute approximate surface area is 96.6 Å². The Morgan fingerprint density at radius 1 is 1.25 bits per heavy atom. The third-order valence-corrected chi connectivity index (χ3v) is 4.45. The van der Waals surface area contributed by atoms with Crippen LogP contribution in [-0.2, 0) is 16.3 Å². The van der Waals surface area contributed by atoms with Gasteiger partial charge in [-0.1, -0.05) is 12.1 Å². The van der Waals surface area contributed by atoms with E-state index in [1.165, 1.54) is 24.7 Å². The minimum absolute atomic E-state index is 0.298. The average Bonchev–Trinajstić information content (AvgIpc) is 2.98. The van der Waals surface area contributed by atoms with Gasteiger partial charge in [0.1, 0.15) is 0 Å². The molecule has 2 rings (SSSR count). The van der Waals surface area contributed by atoms with Crippen LogP contribution in [0.4, 0.5) is 0 Å². The van der Waals surface area contributed by atoms with E-state index in [-0.39, 0.29) is 0 Å². The lowest BCUT2D eigenvalue weighted by atomic mass is 9.97. The Kier molecular flexibility index (Phi) is 2.80. The van der Waals surface area contributed by atoms with E-state index in [4.69, 9.17) is 5.73 Å². The molecule has 2 N–H and O–H groups in total. The van der Waals surface area contributed by atoms with Gasteiger partial charge in [-0.15, -0.1) is 0 Å². The molecular weight excluding hydrogens is 222 g/mol. The maximum absolute atomic E-state index is 11.3. The predicted molar refractivity (Wildman–Crippen MR) is 64.0 cm³/mol. The van der Waals surface area contributed by atoms with Gasteiger partial charge in [-0.05, 0) is 48.9 Å². The van der Waals surface area contributed by atoms with Gasteiger partial charge in [-0.2, -0.15) is 0 Å². The number of benzene rings is 1. The summed E-state index contributed by atoms with van der Waals surface area (Å²) in [5.74, 6) is 0. The van der Waals surface area contributed by atoms with Crippen LogP contribution in [0, 0.1) is 5.41 Å². The first kappa shape index (κ1) is 11.6. The monoisotopic (exact) mass is 239 g/mol. The smallest absolute Gasteiger partial charge is 0.175 e. The SMILES string of the molecule is CS(=O)(=O)c1ccc(CC2(CN)CC2)cc1. The van der Waals surface area contributed by atoms with Crippen LogP contribution < -0.4 is 5.73 Å². The topological polar surface area (TPSA) is 60.2 Å². The van der Waals surface area contributed by atoms with E-state index in [0.29, 0.717) is 10.3 Å². The normalized spacial score (nSPS) is 18.4. The molecule has 0 unspecified atom stereocenters. The predicted octanol–water partition coefficient (Wildman–Crippen LogP) is 1.37. The number of sulfone groups is 1. The highest BCUT2D eigenvalue weighted by Crippen LogP contribution is 2.47. The summed E-state index contributed by atoms with van der Waals surface area (Å²) in [7, 11) is -3.08. The standard InChI is InChI=1S/C12H17NO2S/c1-16(14,15)11-4-2-10(3-5-11)8-12(9-13)6-7-12/h2-5H,6-9,13H2,1H3. The molecule has 1 aliphatic rings. The summed E-state index contributed by atoms with van der Waals surface area (Å²) in [6.45, 7) is 0.723. The molecule has 0 aliphatic heterocycles. The summed E-state index contributed by atoms with van der Waals surface area (Å²) in [5, 5.41) is 0. The number of hydrogen-bond acceptors (Lipinski definition) is 3. The lowest BCUT2D eigenvalue weighted by Gasteiger charge is -2.12. The molecule has 0 bridgehead atoms. The van der Waals surface area contributed by atoms with Crippen molar-refractivity contribution >= 4 is 9.84 Å². The van der Waals surface area contributed by atoms with Crippen LogP contribution in [-0.4, -0.2) is 21.2 Å². The van der Waals surface area contributed by atoms with E-state index in [0.717, 1.165) is 13.0 Å². The fourth-order valence-electron chi connectivity index (χ4n) is 1.92. The van der Waals surface area contributed by atoms with Crippen LogP contribution in [0.1, 0.15) is 18.4 Å². The fraction of sp³-hybridized carbons (Fsp3) is 0.500. The molecule has 0 atom stereocenters. The molecule has 1 aliphatic carbocycles. The molecule has 88 valence electrons. The molecule has 0 radical (unpaired) electrons. The second-order valence-electron chi connectivity index (χ2n) is 4.80. The van der Waals surface area contributed by atoms with Gasteiger partial charge in [0, 0.05) is 6.26 Å². The van der Waals surface area contributed by atoms with E-state index >= 15 is 0 Å². The van der Waals surface area contributed by atoms with Crippen molar-refractivity contribution in [3.05, 3.63) is 29.8 Å². The van der Waals surface area contributed by atoms with Crippen molar-refractivity contribution in [2.45, 2.75) is 24.2 Å². The molecule has 0 spiro atoms. The quantitative estimate of drug-likeness (QED) is 0.863. The third-order valence-electron chi connectivity index (χ3n) is 3.32. The Bertz CT molecular complexity index is 472. The second-order valence-corrected chi connectivity index (χ2v) is 6.81. The first-order chi connectivity index (χ1) is 7.45. The highest BCUT2D eigenvalue weighted by atomic mass is 32.2. The van der Waals surface area contributed by atoms with Gasteiger partial charge in [-0.3, -0.25) is 0 Å². The van der Waals surface area contributed by atoms with Crippen molar-refractivity contribution in [3.8, 4) is 0 Å². The van der Waals surface area contributed by atoms with E-state index in [2.05, 4.69) is 0 Å². The van der Waals surface area contributed by atoms with Gasteiger partial charge in [0.25, 0.3) is 0 Å². The molecule has 0 saturated heterocycles. The minimum atomic E-state index is -3.08. The second kappa shape index (κ2) is 3.86. The summed E-state index contributed by atoms with van der Waals surface area (Å²) in [5.41, 5.74) is 7.19. The van der Waals surface area contributed by atoms with Crippen molar-refractivity contribution in [2.24, 2.45) is 11.1 Å². The maximum atomic E-state index is 11.3. The first-order valence-corrected chi connectivity index (χ1v) is 7.33. The van der Waals surface area contributed by atoms with Gasteiger partial charge in [0.2, 0.25) is 0 Å². The van der Waals surface area contributed by atoms with Crippen LogP contribution >= 0.6 is 0 Å². The minimum Gasteiger partial charge on any atom is -0.330 e. The van der Waals surface area contributed by atoms with E-state index < -0.39 is 9.84 Å². The molecule has 1 saturated carbocycles. The molecular formula is C12H17NO2S. The summed E-state index contributed by atoms with van der Waals surface area (Å²) < 4.78 is 22.6. The fourth-order valence-corrected chi connectivity index (χ4v) is 2.55. The molecule has 1 aromatic carbocycles. The van der Waals surface area contributed by atoms with Crippen LogP contribution in [0.25, 0.3) is 0 Å². The lowest BCUT2D eigenvalue weighted by Crippen LogP contribution is -2.17.